The highest BCUT2D eigenvalue weighted by molar-refractivity contribution is 7.99. The maximum atomic E-state index is 11.7. The standard InChI is InChI=1S/C9H16N2O3S.C4H8N2OS.ClH/c1-9(2,3)14-8(13)11-5-15-4-6(11)7(10)12;5-4(7)3-1-8-2-6-3;/h6H,4-5H2,1-3H3,(H2,10,12);3,6H,1-2H2,(H2,5,7);1H/t6-;3-;/m10./s1. The summed E-state index contributed by atoms with van der Waals surface area (Å²) >= 11 is 3.20. The third-order valence-electron chi connectivity index (χ3n) is 2.90. The molecule has 0 aliphatic carbocycles. The minimum atomic E-state index is -0.549. The molecule has 0 radical (unpaired) electrons. The second-order valence-corrected chi connectivity index (χ2v) is 8.07. The van der Waals surface area contributed by atoms with E-state index in [1.54, 1.807) is 32.5 Å². The summed E-state index contributed by atoms with van der Waals surface area (Å²) in [6.45, 7) is 5.36. The summed E-state index contributed by atoms with van der Waals surface area (Å²) in [4.78, 5) is 34.4. The average molecular weight is 401 g/mol. The number of rotatable bonds is 2. The summed E-state index contributed by atoms with van der Waals surface area (Å²) in [6, 6.07) is -0.621. The smallest absolute Gasteiger partial charge is 0.411 e. The van der Waals surface area contributed by atoms with Gasteiger partial charge in [0.05, 0.1) is 11.9 Å². The number of hydrogen-bond acceptors (Lipinski definition) is 7. The van der Waals surface area contributed by atoms with Crippen LogP contribution in [-0.2, 0) is 14.3 Å². The molecule has 24 heavy (non-hydrogen) atoms. The maximum Gasteiger partial charge on any atom is 0.411 e. The van der Waals surface area contributed by atoms with Crippen molar-refractivity contribution in [3.05, 3.63) is 0 Å². The minimum absolute atomic E-state index is 0. The Kier molecular flexibility index (Phi) is 9.86. The summed E-state index contributed by atoms with van der Waals surface area (Å²) in [6.07, 6.45) is -0.476. The van der Waals surface area contributed by atoms with E-state index >= 15 is 0 Å². The number of nitrogens with one attached hydrogen (secondary N) is 1. The zero-order valence-electron chi connectivity index (χ0n) is 13.9. The van der Waals surface area contributed by atoms with Gasteiger partial charge in [0.15, 0.2) is 0 Å². The fourth-order valence-corrected chi connectivity index (χ4v) is 3.87. The van der Waals surface area contributed by atoms with Crippen LogP contribution in [0.25, 0.3) is 0 Å². The normalized spacial score (nSPS) is 22.9. The number of amides is 3. The van der Waals surface area contributed by atoms with Gasteiger partial charge in [-0.15, -0.1) is 35.9 Å². The number of nitrogens with two attached hydrogens (primary N) is 2. The second-order valence-electron chi connectivity index (χ2n) is 6.04. The van der Waals surface area contributed by atoms with E-state index in [0.717, 1.165) is 11.6 Å². The molecule has 2 rings (SSSR count). The fourth-order valence-electron chi connectivity index (χ4n) is 1.76. The molecule has 0 aromatic heterocycles. The molecule has 2 saturated heterocycles. The Morgan fingerprint density at radius 3 is 2.12 bits per heavy atom. The molecule has 0 saturated carbocycles. The van der Waals surface area contributed by atoms with Crippen LogP contribution in [0.2, 0.25) is 0 Å². The Morgan fingerprint density at radius 1 is 1.12 bits per heavy atom. The van der Waals surface area contributed by atoms with Gasteiger partial charge >= 0.3 is 6.09 Å². The fraction of sp³-hybridized carbons (Fsp3) is 0.769. The molecule has 8 nitrogen and oxygen atoms in total. The summed E-state index contributed by atoms with van der Waals surface area (Å²) in [5.74, 6) is 1.97. The first-order valence-electron chi connectivity index (χ1n) is 7.09. The van der Waals surface area contributed by atoms with Gasteiger partial charge in [0.1, 0.15) is 11.6 Å². The predicted octanol–water partition coefficient (Wildman–Crippen LogP) is 0.338. The van der Waals surface area contributed by atoms with Crippen molar-refractivity contribution in [3.63, 3.8) is 0 Å². The molecule has 2 atom stereocenters. The van der Waals surface area contributed by atoms with Gasteiger partial charge in [-0.2, -0.15) is 0 Å². The zero-order valence-corrected chi connectivity index (χ0v) is 16.4. The number of thioether (sulfide) groups is 2. The molecule has 0 spiro atoms. The molecule has 5 N–H and O–H groups in total. The van der Waals surface area contributed by atoms with Crippen LogP contribution in [0.4, 0.5) is 4.79 Å². The molecular weight excluding hydrogens is 376 g/mol. The van der Waals surface area contributed by atoms with Crippen LogP contribution in [0.3, 0.4) is 0 Å². The van der Waals surface area contributed by atoms with Crippen LogP contribution in [0.1, 0.15) is 20.8 Å². The molecule has 2 aliphatic rings. The van der Waals surface area contributed by atoms with Crippen LogP contribution in [0, 0.1) is 0 Å². The lowest BCUT2D eigenvalue weighted by molar-refractivity contribution is -0.122. The first-order chi connectivity index (χ1) is 10.6. The maximum absolute atomic E-state index is 11.7. The van der Waals surface area contributed by atoms with Crippen LogP contribution >= 0.6 is 35.9 Å². The molecule has 2 fully saturated rings. The molecule has 11 heteroatoms. The topological polar surface area (TPSA) is 128 Å². The van der Waals surface area contributed by atoms with Crippen molar-refractivity contribution in [2.24, 2.45) is 11.5 Å². The van der Waals surface area contributed by atoms with E-state index in [-0.39, 0.29) is 24.4 Å². The molecule has 0 aromatic carbocycles. The lowest BCUT2D eigenvalue weighted by Crippen LogP contribution is -2.46. The van der Waals surface area contributed by atoms with E-state index in [9.17, 15) is 14.4 Å². The van der Waals surface area contributed by atoms with Crippen molar-refractivity contribution in [1.82, 2.24) is 10.2 Å². The van der Waals surface area contributed by atoms with Gasteiger partial charge in [-0.1, -0.05) is 0 Å². The van der Waals surface area contributed by atoms with Crippen molar-refractivity contribution >= 4 is 53.8 Å². The Bertz CT molecular complexity index is 456. The van der Waals surface area contributed by atoms with Crippen LogP contribution in [-0.4, -0.2) is 63.8 Å². The quantitative estimate of drug-likeness (QED) is 0.609. The highest BCUT2D eigenvalue weighted by atomic mass is 35.5. The predicted molar refractivity (Wildman–Crippen MR) is 99.1 cm³/mol. The lowest BCUT2D eigenvalue weighted by Gasteiger charge is -2.26. The number of primary amides is 2. The Hall–Kier alpha value is -0.840. The van der Waals surface area contributed by atoms with Crippen molar-refractivity contribution in [2.45, 2.75) is 38.5 Å². The second kappa shape index (κ2) is 10.2. The molecule has 3 amide bonds. The van der Waals surface area contributed by atoms with Crippen LogP contribution in [0.15, 0.2) is 0 Å². The molecular formula is C13H25ClN4O4S2. The van der Waals surface area contributed by atoms with Crippen molar-refractivity contribution in [1.29, 1.82) is 0 Å². The lowest BCUT2D eigenvalue weighted by atomic mass is 10.2. The van der Waals surface area contributed by atoms with E-state index in [4.69, 9.17) is 16.2 Å². The van der Waals surface area contributed by atoms with Gasteiger partial charge in [-0.25, -0.2) is 4.79 Å². The van der Waals surface area contributed by atoms with Gasteiger partial charge < -0.3 is 16.2 Å². The first-order valence-corrected chi connectivity index (χ1v) is 9.40. The van der Waals surface area contributed by atoms with Gasteiger partial charge in [0.2, 0.25) is 11.8 Å². The van der Waals surface area contributed by atoms with Gasteiger partial charge in [0.25, 0.3) is 0 Å². The number of hydrogen-bond donors (Lipinski definition) is 3. The highest BCUT2D eigenvalue weighted by Gasteiger charge is 2.35. The molecule has 140 valence electrons. The van der Waals surface area contributed by atoms with Crippen LogP contribution < -0.4 is 16.8 Å². The molecule has 0 bridgehead atoms. The highest BCUT2D eigenvalue weighted by Crippen LogP contribution is 2.23. The summed E-state index contributed by atoms with van der Waals surface area (Å²) < 4.78 is 5.17. The summed E-state index contributed by atoms with van der Waals surface area (Å²) in [7, 11) is 0. The van der Waals surface area contributed by atoms with Gasteiger partial charge in [0, 0.05) is 17.4 Å². The van der Waals surface area contributed by atoms with Gasteiger partial charge in [-0.05, 0) is 20.8 Å². The number of carbonyl (C=O) groups excluding carboxylic acids is 3. The SMILES string of the molecule is CC(C)(C)OC(=O)N1CSC[C@@H]1C(N)=O.Cl.NC(=O)[C@@H]1CSCN1. The van der Waals surface area contributed by atoms with E-state index in [1.165, 1.54) is 16.7 Å². The van der Waals surface area contributed by atoms with E-state index < -0.39 is 23.6 Å². The summed E-state index contributed by atoms with van der Waals surface area (Å²) in [5.41, 5.74) is 9.62. The molecule has 2 aliphatic heterocycles. The number of halogens is 1. The average Bonchev–Trinajstić information content (AvgIpc) is 3.09. The Labute approximate surface area is 156 Å². The van der Waals surface area contributed by atoms with Crippen molar-refractivity contribution < 1.29 is 19.1 Å². The Balaban J connectivity index is 0.000000498. The molecule has 2 heterocycles. The first kappa shape index (κ1) is 23.2. The number of nitrogens with zero attached hydrogens (tertiary/aromatic N) is 1. The van der Waals surface area contributed by atoms with Crippen molar-refractivity contribution in [2.75, 3.05) is 23.3 Å². The monoisotopic (exact) mass is 400 g/mol. The largest absolute Gasteiger partial charge is 0.444 e. The summed E-state index contributed by atoms with van der Waals surface area (Å²) in [5, 5.41) is 2.94. The molecule has 0 unspecified atom stereocenters. The van der Waals surface area contributed by atoms with E-state index in [2.05, 4.69) is 5.32 Å². The number of carbonyl (C=O) groups is 3. The van der Waals surface area contributed by atoms with Gasteiger partial charge in [-0.3, -0.25) is 19.8 Å². The van der Waals surface area contributed by atoms with Crippen LogP contribution in [0.5, 0.6) is 0 Å². The third-order valence-corrected chi connectivity index (χ3v) is 4.85. The number of ether oxygens (including phenoxy) is 1. The molecule has 0 aromatic rings. The van der Waals surface area contributed by atoms with E-state index in [1.807, 2.05) is 0 Å². The minimum Gasteiger partial charge on any atom is -0.444 e. The zero-order chi connectivity index (χ0) is 17.6. The Morgan fingerprint density at radius 2 is 1.75 bits per heavy atom. The third kappa shape index (κ3) is 7.82. The van der Waals surface area contributed by atoms with E-state index in [0.29, 0.717) is 11.6 Å². The van der Waals surface area contributed by atoms with Crippen molar-refractivity contribution in [3.8, 4) is 0 Å².